The molecule has 31 heavy (non-hydrogen) atoms. The summed E-state index contributed by atoms with van der Waals surface area (Å²) >= 11 is 6.12. The quantitative estimate of drug-likeness (QED) is 0.449. The van der Waals surface area contributed by atoms with E-state index in [9.17, 15) is 22.4 Å². The van der Waals surface area contributed by atoms with Crippen LogP contribution in [0, 0.1) is 5.82 Å². The lowest BCUT2D eigenvalue weighted by atomic mass is 10.2. The van der Waals surface area contributed by atoms with Gasteiger partial charge in [0.1, 0.15) is 10.7 Å². The van der Waals surface area contributed by atoms with E-state index in [-0.39, 0.29) is 33.8 Å². The van der Waals surface area contributed by atoms with Crippen molar-refractivity contribution in [2.24, 2.45) is 0 Å². The number of amides is 1. The van der Waals surface area contributed by atoms with E-state index in [4.69, 9.17) is 16.3 Å². The summed E-state index contributed by atoms with van der Waals surface area (Å²) in [6.45, 7) is 6.44. The molecule has 0 saturated carbocycles. The Hall–Kier alpha value is -2.91. The van der Waals surface area contributed by atoms with Gasteiger partial charge in [0.15, 0.2) is 6.61 Å². The van der Waals surface area contributed by atoms with Crippen molar-refractivity contribution >= 4 is 39.2 Å². The highest BCUT2D eigenvalue weighted by molar-refractivity contribution is 7.93. The molecule has 0 aliphatic heterocycles. The van der Waals surface area contributed by atoms with Gasteiger partial charge in [-0.05, 0) is 56.3 Å². The predicted molar refractivity (Wildman–Crippen MR) is 116 cm³/mol. The van der Waals surface area contributed by atoms with Gasteiger partial charge >= 0.3 is 5.97 Å². The molecule has 0 radical (unpaired) electrons. The number of benzene rings is 2. The first kappa shape index (κ1) is 24.4. The van der Waals surface area contributed by atoms with Gasteiger partial charge in [0, 0.05) is 6.04 Å². The molecule has 0 atom stereocenters. The van der Waals surface area contributed by atoms with Crippen molar-refractivity contribution in [3.63, 3.8) is 0 Å². The fourth-order valence-corrected chi connectivity index (χ4v) is 4.53. The number of rotatable bonds is 9. The third kappa shape index (κ3) is 6.28. The number of anilines is 1. The van der Waals surface area contributed by atoms with E-state index in [1.807, 2.05) is 0 Å². The Kier molecular flexibility index (Phi) is 8.18. The second-order valence-electron chi connectivity index (χ2n) is 6.74. The number of carbonyl (C=O) groups excluding carboxylic acids is 2. The summed E-state index contributed by atoms with van der Waals surface area (Å²) in [5.41, 5.74) is 0.0914. The number of carbonyl (C=O) groups is 2. The van der Waals surface area contributed by atoms with E-state index in [1.54, 1.807) is 13.8 Å². The van der Waals surface area contributed by atoms with Crippen molar-refractivity contribution in [2.75, 3.05) is 17.5 Å². The lowest BCUT2D eigenvalue weighted by molar-refractivity contribution is -0.124. The van der Waals surface area contributed by atoms with Gasteiger partial charge < -0.3 is 10.1 Å². The molecule has 0 bridgehead atoms. The lowest BCUT2D eigenvalue weighted by Crippen LogP contribution is -2.34. The topological polar surface area (TPSA) is 92.8 Å². The number of halogens is 2. The first-order valence-corrected chi connectivity index (χ1v) is 11.0. The summed E-state index contributed by atoms with van der Waals surface area (Å²) in [4.78, 5) is 23.6. The van der Waals surface area contributed by atoms with Crippen LogP contribution in [0.5, 0.6) is 0 Å². The number of sulfonamides is 1. The van der Waals surface area contributed by atoms with Crippen molar-refractivity contribution < 1.29 is 27.1 Å². The molecule has 1 amide bonds. The SMILES string of the molecule is C=CCN(c1ccc(F)cc1)S(=O)(=O)c1cc(C(=O)OCC(=O)NC(C)C)ccc1Cl. The number of hydrogen-bond donors (Lipinski definition) is 1. The highest BCUT2D eigenvalue weighted by atomic mass is 35.5. The zero-order valence-electron chi connectivity index (χ0n) is 17.0. The lowest BCUT2D eigenvalue weighted by Gasteiger charge is -2.24. The minimum absolute atomic E-state index is 0.0991. The second-order valence-corrected chi connectivity index (χ2v) is 8.98. The fourth-order valence-electron chi connectivity index (χ4n) is 2.59. The van der Waals surface area contributed by atoms with E-state index in [0.717, 1.165) is 22.5 Å². The predicted octanol–water partition coefficient (Wildman–Crippen LogP) is 3.54. The molecule has 0 saturated heterocycles. The van der Waals surface area contributed by atoms with Crippen LogP contribution >= 0.6 is 11.6 Å². The van der Waals surface area contributed by atoms with Gasteiger partial charge in [-0.15, -0.1) is 6.58 Å². The van der Waals surface area contributed by atoms with Gasteiger partial charge in [-0.1, -0.05) is 17.7 Å². The summed E-state index contributed by atoms with van der Waals surface area (Å²) < 4.78 is 45.7. The van der Waals surface area contributed by atoms with Crippen LogP contribution in [-0.4, -0.2) is 39.5 Å². The largest absolute Gasteiger partial charge is 0.452 e. The molecular formula is C21H22ClFN2O5S. The first-order valence-electron chi connectivity index (χ1n) is 9.21. The van der Waals surface area contributed by atoms with Crippen molar-refractivity contribution in [3.05, 3.63) is 71.5 Å². The number of ether oxygens (including phenoxy) is 1. The van der Waals surface area contributed by atoms with Crippen LogP contribution < -0.4 is 9.62 Å². The summed E-state index contributed by atoms with van der Waals surface area (Å²) in [6, 6.07) is 8.33. The Bertz CT molecular complexity index is 1070. The second kappa shape index (κ2) is 10.4. The Labute approximate surface area is 185 Å². The maximum atomic E-state index is 13.3. The zero-order valence-corrected chi connectivity index (χ0v) is 18.5. The van der Waals surface area contributed by atoms with Crippen molar-refractivity contribution in [3.8, 4) is 0 Å². The van der Waals surface area contributed by atoms with E-state index in [2.05, 4.69) is 11.9 Å². The molecule has 1 N–H and O–H groups in total. The molecule has 0 aromatic heterocycles. The van der Waals surface area contributed by atoms with Crippen LogP contribution in [0.3, 0.4) is 0 Å². The van der Waals surface area contributed by atoms with Crippen LogP contribution in [0.1, 0.15) is 24.2 Å². The van der Waals surface area contributed by atoms with E-state index in [0.29, 0.717) is 0 Å². The Morgan fingerprint density at radius 1 is 1.23 bits per heavy atom. The van der Waals surface area contributed by atoms with Crippen LogP contribution in [-0.2, 0) is 19.6 Å². The standard InChI is InChI=1S/C21H22ClFN2O5S/c1-4-11-25(17-8-6-16(23)7-9-17)31(28,29)19-12-15(5-10-18(19)22)21(27)30-13-20(26)24-14(2)3/h4-10,12,14H,1,11,13H2,2-3H3,(H,24,26). The van der Waals surface area contributed by atoms with Crippen molar-refractivity contribution in [2.45, 2.75) is 24.8 Å². The van der Waals surface area contributed by atoms with Crippen molar-refractivity contribution in [1.82, 2.24) is 5.32 Å². The molecule has 0 aliphatic rings. The average molecular weight is 469 g/mol. The molecule has 0 unspecified atom stereocenters. The molecule has 10 heteroatoms. The van der Waals surface area contributed by atoms with Gasteiger partial charge in [0.25, 0.3) is 15.9 Å². The summed E-state index contributed by atoms with van der Waals surface area (Å²) in [6.07, 6.45) is 1.36. The normalized spacial score (nSPS) is 11.1. The summed E-state index contributed by atoms with van der Waals surface area (Å²) in [7, 11) is -4.24. The maximum absolute atomic E-state index is 13.3. The van der Waals surface area contributed by atoms with Crippen LogP contribution in [0.15, 0.2) is 60.0 Å². The first-order chi connectivity index (χ1) is 14.6. The molecule has 0 aliphatic carbocycles. The number of nitrogens with one attached hydrogen (secondary N) is 1. The molecule has 0 spiro atoms. The van der Waals surface area contributed by atoms with Gasteiger partial charge in [0.05, 0.1) is 22.8 Å². The smallest absolute Gasteiger partial charge is 0.338 e. The van der Waals surface area contributed by atoms with Crippen LogP contribution in [0.25, 0.3) is 0 Å². The van der Waals surface area contributed by atoms with E-state index >= 15 is 0 Å². The van der Waals surface area contributed by atoms with Gasteiger partial charge in [0.2, 0.25) is 0 Å². The highest BCUT2D eigenvalue weighted by Gasteiger charge is 2.28. The minimum atomic E-state index is -4.24. The third-order valence-electron chi connectivity index (χ3n) is 3.93. The molecule has 2 rings (SSSR count). The average Bonchev–Trinajstić information content (AvgIpc) is 2.70. The van der Waals surface area contributed by atoms with E-state index in [1.165, 1.54) is 30.3 Å². The molecule has 7 nitrogen and oxygen atoms in total. The molecule has 166 valence electrons. The molecular weight excluding hydrogens is 447 g/mol. The highest BCUT2D eigenvalue weighted by Crippen LogP contribution is 2.29. The van der Waals surface area contributed by atoms with Crippen LogP contribution in [0.4, 0.5) is 10.1 Å². The fraction of sp³-hybridized carbons (Fsp3) is 0.238. The van der Waals surface area contributed by atoms with Gasteiger partial charge in [-0.25, -0.2) is 17.6 Å². The zero-order chi connectivity index (χ0) is 23.2. The minimum Gasteiger partial charge on any atom is -0.452 e. The van der Waals surface area contributed by atoms with Crippen molar-refractivity contribution in [1.29, 1.82) is 0 Å². The number of hydrogen-bond acceptors (Lipinski definition) is 5. The summed E-state index contributed by atoms with van der Waals surface area (Å²) in [5, 5.41) is 2.45. The Morgan fingerprint density at radius 2 is 1.87 bits per heavy atom. The van der Waals surface area contributed by atoms with Gasteiger partial charge in [-0.2, -0.15) is 0 Å². The maximum Gasteiger partial charge on any atom is 0.338 e. The summed E-state index contributed by atoms with van der Waals surface area (Å²) in [5.74, 6) is -1.90. The Morgan fingerprint density at radius 3 is 2.45 bits per heavy atom. The Balaban J connectivity index is 2.35. The monoisotopic (exact) mass is 468 g/mol. The number of nitrogens with zero attached hydrogens (tertiary/aromatic N) is 1. The molecule has 2 aromatic carbocycles. The van der Waals surface area contributed by atoms with Crippen LogP contribution in [0.2, 0.25) is 5.02 Å². The number of esters is 1. The third-order valence-corrected chi connectivity index (χ3v) is 6.20. The molecule has 2 aromatic rings. The molecule has 0 heterocycles. The van der Waals surface area contributed by atoms with Gasteiger partial charge in [-0.3, -0.25) is 9.10 Å². The van der Waals surface area contributed by atoms with E-state index < -0.39 is 34.3 Å². The molecule has 0 fully saturated rings.